The Morgan fingerprint density at radius 3 is 1.76 bits per heavy atom. The number of H-pyrrole nitrogens is 1. The van der Waals surface area contributed by atoms with E-state index in [9.17, 15) is 111 Å². The summed E-state index contributed by atoms with van der Waals surface area (Å²) in [6.07, 6.45) is -2.01. The first kappa shape index (κ1) is 96.3. The van der Waals surface area contributed by atoms with Gasteiger partial charge in [-0.2, -0.15) is 0 Å². The van der Waals surface area contributed by atoms with Crippen LogP contribution in [0.25, 0.3) is 10.9 Å². The van der Waals surface area contributed by atoms with Crippen LogP contribution in [0.2, 0.25) is 0 Å². The Hall–Kier alpha value is -11.9. The van der Waals surface area contributed by atoms with E-state index in [1.165, 1.54) is 13.8 Å². The van der Waals surface area contributed by atoms with Crippen molar-refractivity contribution in [2.75, 3.05) is 33.8 Å². The lowest BCUT2D eigenvalue weighted by Gasteiger charge is -2.32. The summed E-state index contributed by atoms with van der Waals surface area (Å²) in [5.74, 6) is -28.3. The van der Waals surface area contributed by atoms with Crippen molar-refractivity contribution in [2.24, 2.45) is 35.0 Å². The van der Waals surface area contributed by atoms with E-state index in [0.29, 0.717) is 40.1 Å². The number of nitrogens with zero attached hydrogens (tertiary/aromatic N) is 1. The van der Waals surface area contributed by atoms with Crippen LogP contribution in [-0.4, -0.2) is 250 Å². The lowest BCUT2D eigenvalue weighted by atomic mass is 9.95. The third kappa shape index (κ3) is 34.0. The lowest BCUT2D eigenvalue weighted by molar-refractivity contribution is -0.159. The largest absolute Gasteiger partial charge is 0.481 e. The number of aromatic amines is 1. The molecule has 42 nitrogen and oxygen atoms in total. The fourth-order valence-electron chi connectivity index (χ4n) is 11.8. The minimum atomic E-state index is -2.31. The van der Waals surface area contributed by atoms with E-state index >= 15 is 0 Å². The van der Waals surface area contributed by atoms with Gasteiger partial charge in [-0.15, -0.1) is 0 Å². The summed E-state index contributed by atoms with van der Waals surface area (Å²) in [5.41, 5.74) is 17.9. The normalized spacial score (nSPS) is 21.5. The van der Waals surface area contributed by atoms with Gasteiger partial charge < -0.3 is 116 Å². The van der Waals surface area contributed by atoms with Crippen molar-refractivity contribution < 1.29 is 121 Å². The SMILES string of the molecule is COC(=O)C[C@@H]1NC(=O)[C@@H](CCCCN)NC(=O)[C@H](CC(=O)O)NC(=O)[C@H](C)NC(=O)CN(C)C(=O)[C@@H](NC(=O)[C@H](CC(=O)O)NC(=O)[C@@H](CC(N)=O)NC(=O)[C@H](Cc2c[nH]c3ccccc23)NC(=O)CCCCCCCC(C)C)[C@H](C)OC(=O)[C@H](C(C)C)NC(=O)[C@H]([C@H](C)CC(=O)O)NC(=O)[C@@H](CC(N)=O)NC(=O)CNC1=O. The molecular weight excluding hydrogens is 1500 g/mol. The van der Waals surface area contributed by atoms with Crippen LogP contribution in [0.15, 0.2) is 30.5 Å². The molecule has 1 fully saturated rings. The second-order valence-electron chi connectivity index (χ2n) is 28.5. The number of hydrogen-bond donors (Lipinski definition) is 19. The number of benzene rings is 1. The molecule has 0 saturated carbocycles. The van der Waals surface area contributed by atoms with Crippen molar-refractivity contribution in [1.29, 1.82) is 0 Å². The number of likely N-dealkylation sites (N-methyl/N-ethyl adjacent to an activating group) is 1. The highest BCUT2D eigenvalue weighted by Crippen LogP contribution is 2.21. The number of rotatable bonds is 35. The Balaban J connectivity index is 2.22. The number of carbonyl (C=O) groups is 20. The van der Waals surface area contributed by atoms with Gasteiger partial charge in [-0.05, 0) is 75.5 Å². The number of methoxy groups -OCH3 is 1. The second-order valence-corrected chi connectivity index (χ2v) is 28.5. The molecule has 42 heteroatoms. The van der Waals surface area contributed by atoms with Crippen LogP contribution < -0.4 is 81.0 Å². The van der Waals surface area contributed by atoms with Gasteiger partial charge in [0.05, 0.1) is 58.7 Å². The van der Waals surface area contributed by atoms with Gasteiger partial charge in [-0.3, -0.25) is 91.1 Å². The van der Waals surface area contributed by atoms with E-state index in [0.717, 1.165) is 60.6 Å². The number of carbonyl (C=O) groups excluding carboxylic acids is 17. The Labute approximate surface area is 656 Å². The van der Waals surface area contributed by atoms with Gasteiger partial charge in [0.15, 0.2) is 0 Å². The molecule has 632 valence electrons. The van der Waals surface area contributed by atoms with Gasteiger partial charge in [0, 0.05) is 37.0 Å². The van der Waals surface area contributed by atoms with E-state index in [4.69, 9.17) is 21.9 Å². The number of ether oxygens (including phenoxy) is 2. The predicted octanol–water partition coefficient (Wildman–Crippen LogP) is -4.87. The number of hydrogen-bond acceptors (Lipinski definition) is 23. The molecule has 22 N–H and O–H groups in total. The first-order valence-corrected chi connectivity index (χ1v) is 37.1. The molecule has 1 aliphatic rings. The predicted molar refractivity (Wildman–Crippen MR) is 400 cm³/mol. The van der Waals surface area contributed by atoms with Gasteiger partial charge in [-0.1, -0.05) is 84.9 Å². The van der Waals surface area contributed by atoms with Crippen molar-refractivity contribution in [1.82, 2.24) is 73.7 Å². The lowest BCUT2D eigenvalue weighted by Crippen LogP contribution is -2.62. The molecule has 3 rings (SSSR count). The number of amides is 15. The van der Waals surface area contributed by atoms with Crippen LogP contribution in [0.3, 0.4) is 0 Å². The maximum absolute atomic E-state index is 14.9. The summed E-state index contributed by atoms with van der Waals surface area (Å²) in [7, 11) is 1.85. The average Bonchev–Trinajstić information content (AvgIpc) is 1.57. The Kier molecular flexibility index (Phi) is 40.7. The van der Waals surface area contributed by atoms with Crippen LogP contribution in [0.1, 0.15) is 157 Å². The molecule has 13 atom stereocenters. The van der Waals surface area contributed by atoms with Crippen LogP contribution in [0, 0.1) is 17.8 Å². The molecule has 1 aliphatic heterocycles. The fraction of sp³-hybridized carbons (Fsp3) is 0.611. The van der Waals surface area contributed by atoms with Crippen LogP contribution >= 0.6 is 0 Å². The summed E-state index contributed by atoms with van der Waals surface area (Å²) in [6.45, 7) is 7.94. The molecule has 1 aromatic carbocycles. The summed E-state index contributed by atoms with van der Waals surface area (Å²) in [4.78, 5) is 277. The van der Waals surface area contributed by atoms with E-state index in [1.807, 2.05) is 0 Å². The molecule has 0 unspecified atom stereocenters. The number of aliphatic carboxylic acids is 3. The van der Waals surface area contributed by atoms with Crippen molar-refractivity contribution in [2.45, 2.75) is 230 Å². The van der Waals surface area contributed by atoms with Gasteiger partial charge in [0.1, 0.15) is 72.6 Å². The highest BCUT2D eigenvalue weighted by atomic mass is 16.5. The first-order chi connectivity index (χ1) is 53.5. The van der Waals surface area contributed by atoms with Crippen molar-refractivity contribution >= 4 is 129 Å². The van der Waals surface area contributed by atoms with Crippen LogP contribution in [0.4, 0.5) is 0 Å². The molecule has 1 saturated heterocycles. The zero-order valence-electron chi connectivity index (χ0n) is 65.2. The topological polar surface area (TPSA) is 662 Å². The fourth-order valence-corrected chi connectivity index (χ4v) is 11.8. The third-order valence-electron chi connectivity index (χ3n) is 18.0. The number of cyclic esters (lactones) is 1. The zero-order valence-corrected chi connectivity index (χ0v) is 65.2. The molecule has 0 radical (unpaired) electrons. The molecule has 114 heavy (non-hydrogen) atoms. The smallest absolute Gasteiger partial charge is 0.329 e. The Morgan fingerprint density at radius 2 is 1.16 bits per heavy atom. The maximum atomic E-state index is 14.9. The number of para-hydroxylation sites is 1. The summed E-state index contributed by atoms with van der Waals surface area (Å²) >= 11 is 0. The standard InChI is InChI=1S/C72H109N17O25/c1-35(2)19-13-11-10-12-14-23-52(92)79-44(26-40-32-76-42-21-16-15-20-41(40)42)65(105)83-46(28-51(75)91)66(106)84-48(30-57(99)100)69(109)88-61-39(7)114-72(112)59(36(3)4)86-70(110)60(37(5)25-55(95)96)87-68(108)45(27-50(74)90)80-53(93)33-77-63(103)49(31-58(101)113-9)85-64(104)43(22-17-18-24-73)81-67(107)47(29-56(97)98)82-62(102)38(6)78-54(94)34-89(8)71(61)111/h15-16,20-21,32,35-39,43-49,59-61,76H,10-14,17-19,22-31,33-34,73H2,1-9H3,(H2,74,90)(H2,75,91)(H,77,103)(H,78,94)(H,79,92)(H,80,93)(H,81,107)(H,82,102)(H,83,105)(H,84,106)(H,85,104)(H,86,110)(H,87,108)(H,88,109)(H,95,96)(H,97,98)(H,99,100)/t37-,38+,39+,43-,44+,45-,46-,47+,48+,49+,59+,60+,61+/m1/s1. The molecule has 0 bridgehead atoms. The van der Waals surface area contributed by atoms with E-state index in [-0.39, 0.29) is 38.6 Å². The minimum Gasteiger partial charge on any atom is -0.481 e. The number of nitrogens with two attached hydrogens (primary N) is 3. The number of aromatic nitrogens is 1. The van der Waals surface area contributed by atoms with Crippen molar-refractivity contribution in [3.8, 4) is 0 Å². The molecule has 15 amide bonds. The molecule has 0 aliphatic carbocycles. The molecule has 2 aromatic rings. The third-order valence-corrected chi connectivity index (χ3v) is 18.0. The number of fused-ring (bicyclic) bond motifs is 1. The number of nitrogens with one attached hydrogen (secondary N) is 13. The Morgan fingerprint density at radius 1 is 0.588 bits per heavy atom. The summed E-state index contributed by atoms with van der Waals surface area (Å²) < 4.78 is 10.4. The quantitative estimate of drug-likeness (QED) is 0.0227. The highest BCUT2D eigenvalue weighted by molar-refractivity contribution is 6.02. The molecule has 1 aromatic heterocycles. The van der Waals surface area contributed by atoms with Gasteiger partial charge >= 0.3 is 29.8 Å². The molecular formula is C72H109N17O25. The number of carboxylic acids is 3. The number of primary amides is 2. The minimum absolute atomic E-state index is 0.00119. The summed E-state index contributed by atoms with van der Waals surface area (Å²) in [5, 5.41) is 57.7. The highest BCUT2D eigenvalue weighted by Gasteiger charge is 2.42. The maximum Gasteiger partial charge on any atom is 0.329 e. The second kappa shape index (κ2) is 48.1. The van der Waals surface area contributed by atoms with E-state index < -0.39 is 254 Å². The van der Waals surface area contributed by atoms with Gasteiger partial charge in [0.25, 0.3) is 0 Å². The molecule has 0 spiro atoms. The van der Waals surface area contributed by atoms with E-state index in [2.05, 4.69) is 87.4 Å². The van der Waals surface area contributed by atoms with Gasteiger partial charge in [0.2, 0.25) is 88.6 Å². The van der Waals surface area contributed by atoms with Crippen LogP contribution in [-0.2, 0) is 112 Å². The number of carboxylic acid groups (broad SMARTS) is 3. The number of unbranched alkanes of at least 4 members (excludes halogenated alkanes) is 5. The first-order valence-electron chi connectivity index (χ1n) is 37.1. The van der Waals surface area contributed by atoms with Crippen molar-refractivity contribution in [3.05, 3.63) is 36.0 Å². The average molecular weight is 1610 g/mol. The zero-order chi connectivity index (χ0) is 85.8. The summed E-state index contributed by atoms with van der Waals surface area (Å²) in [6, 6.07) is -14.4. The van der Waals surface area contributed by atoms with Crippen molar-refractivity contribution in [3.63, 3.8) is 0 Å². The van der Waals surface area contributed by atoms with Crippen LogP contribution in [0.5, 0.6) is 0 Å². The number of esters is 2. The monoisotopic (exact) mass is 1610 g/mol. The molecule has 2 heterocycles. The van der Waals surface area contributed by atoms with Gasteiger partial charge in [-0.25, -0.2) is 4.79 Å². The van der Waals surface area contributed by atoms with E-state index in [1.54, 1.807) is 30.5 Å². The Bertz CT molecular complexity index is 3790.